The summed E-state index contributed by atoms with van der Waals surface area (Å²) in [5.41, 5.74) is 10.0. The zero-order valence-electron chi connectivity index (χ0n) is 12.0. The highest BCUT2D eigenvalue weighted by Gasteiger charge is 2.08. The molecular formula is C17H21NO. The van der Waals surface area contributed by atoms with Crippen LogP contribution in [0.5, 0.6) is 11.5 Å². The van der Waals surface area contributed by atoms with E-state index >= 15 is 0 Å². The van der Waals surface area contributed by atoms with Crippen molar-refractivity contribution in [3.63, 3.8) is 0 Å². The first-order chi connectivity index (χ1) is 8.97. The molecule has 0 fully saturated rings. The van der Waals surface area contributed by atoms with Crippen molar-refractivity contribution < 1.29 is 4.74 Å². The smallest absolute Gasteiger partial charge is 0.133 e. The molecule has 0 spiro atoms. The summed E-state index contributed by atoms with van der Waals surface area (Å²) in [6.07, 6.45) is 0. The second-order valence-corrected chi connectivity index (χ2v) is 5.31. The molecule has 0 unspecified atom stereocenters. The highest BCUT2D eigenvalue weighted by atomic mass is 16.5. The standard InChI is InChI=1S/C17H21NO/c1-11(2)14-6-5-7-16(10-14)19-17-12(3)8-15(18)9-13(17)4/h5-11H,18H2,1-4H3. The molecule has 0 bridgehead atoms. The molecular weight excluding hydrogens is 234 g/mol. The van der Waals surface area contributed by atoms with Gasteiger partial charge in [0.15, 0.2) is 0 Å². The SMILES string of the molecule is Cc1cc(N)cc(C)c1Oc1cccc(C(C)C)c1. The number of rotatable bonds is 3. The predicted molar refractivity (Wildman–Crippen MR) is 80.9 cm³/mol. The molecule has 2 aromatic carbocycles. The van der Waals surface area contributed by atoms with Gasteiger partial charge in [0, 0.05) is 5.69 Å². The van der Waals surface area contributed by atoms with Gasteiger partial charge in [-0.3, -0.25) is 0 Å². The number of nitrogens with two attached hydrogens (primary N) is 1. The maximum atomic E-state index is 6.03. The lowest BCUT2D eigenvalue weighted by Crippen LogP contribution is -1.95. The van der Waals surface area contributed by atoms with Crippen LogP contribution >= 0.6 is 0 Å². The maximum Gasteiger partial charge on any atom is 0.133 e. The van der Waals surface area contributed by atoms with Crippen LogP contribution in [0.3, 0.4) is 0 Å². The molecule has 2 N–H and O–H groups in total. The fourth-order valence-corrected chi connectivity index (χ4v) is 2.20. The Kier molecular flexibility index (Phi) is 3.79. The van der Waals surface area contributed by atoms with E-state index in [4.69, 9.17) is 10.5 Å². The second-order valence-electron chi connectivity index (χ2n) is 5.31. The van der Waals surface area contributed by atoms with Gasteiger partial charge < -0.3 is 10.5 Å². The molecule has 0 saturated heterocycles. The Morgan fingerprint density at radius 2 is 1.63 bits per heavy atom. The number of hydrogen-bond donors (Lipinski definition) is 1. The Bertz CT molecular complexity index is 565. The predicted octanol–water partition coefficient (Wildman–Crippen LogP) is 4.80. The summed E-state index contributed by atoms with van der Waals surface area (Å²) in [4.78, 5) is 0. The van der Waals surface area contributed by atoms with Crippen molar-refractivity contribution in [2.24, 2.45) is 0 Å². The minimum Gasteiger partial charge on any atom is -0.457 e. The molecule has 0 heterocycles. The van der Waals surface area contributed by atoms with Crippen molar-refractivity contribution in [1.82, 2.24) is 0 Å². The maximum absolute atomic E-state index is 6.03. The molecule has 2 rings (SSSR count). The number of anilines is 1. The van der Waals surface area contributed by atoms with E-state index in [1.54, 1.807) is 0 Å². The third-order valence-corrected chi connectivity index (χ3v) is 3.23. The molecule has 0 saturated carbocycles. The molecule has 0 aliphatic carbocycles. The summed E-state index contributed by atoms with van der Waals surface area (Å²) < 4.78 is 6.03. The van der Waals surface area contributed by atoms with Gasteiger partial charge in [-0.25, -0.2) is 0 Å². The minimum absolute atomic E-state index is 0.497. The third kappa shape index (κ3) is 3.08. The molecule has 0 amide bonds. The van der Waals surface area contributed by atoms with E-state index in [2.05, 4.69) is 26.0 Å². The Morgan fingerprint density at radius 3 is 2.21 bits per heavy atom. The van der Waals surface area contributed by atoms with Gasteiger partial charge in [0.2, 0.25) is 0 Å². The Balaban J connectivity index is 2.34. The van der Waals surface area contributed by atoms with Gasteiger partial charge in [-0.15, -0.1) is 0 Å². The molecule has 2 aromatic rings. The Morgan fingerprint density at radius 1 is 1.00 bits per heavy atom. The van der Waals surface area contributed by atoms with E-state index in [1.807, 2.05) is 38.1 Å². The lowest BCUT2D eigenvalue weighted by Gasteiger charge is -2.14. The lowest BCUT2D eigenvalue weighted by molar-refractivity contribution is 0.474. The van der Waals surface area contributed by atoms with Gasteiger partial charge in [0.25, 0.3) is 0 Å². The Labute approximate surface area is 115 Å². The molecule has 0 aromatic heterocycles. The quantitative estimate of drug-likeness (QED) is 0.799. The zero-order chi connectivity index (χ0) is 14.0. The molecule has 0 aliphatic rings. The molecule has 100 valence electrons. The van der Waals surface area contributed by atoms with Crippen LogP contribution < -0.4 is 10.5 Å². The van der Waals surface area contributed by atoms with Crippen LogP contribution in [0.25, 0.3) is 0 Å². The van der Waals surface area contributed by atoms with Gasteiger partial charge in [-0.2, -0.15) is 0 Å². The topological polar surface area (TPSA) is 35.2 Å². The second kappa shape index (κ2) is 5.35. The summed E-state index contributed by atoms with van der Waals surface area (Å²) in [5, 5.41) is 0. The van der Waals surface area contributed by atoms with Gasteiger partial charge in [-0.05, 0) is 60.7 Å². The van der Waals surface area contributed by atoms with Crippen LogP contribution in [0.4, 0.5) is 5.69 Å². The fourth-order valence-electron chi connectivity index (χ4n) is 2.20. The first kappa shape index (κ1) is 13.5. The molecule has 2 nitrogen and oxygen atoms in total. The van der Waals surface area contributed by atoms with Gasteiger partial charge in [0.1, 0.15) is 11.5 Å². The summed E-state index contributed by atoms with van der Waals surface area (Å²) >= 11 is 0. The first-order valence-electron chi connectivity index (χ1n) is 6.62. The highest BCUT2D eigenvalue weighted by Crippen LogP contribution is 2.31. The van der Waals surface area contributed by atoms with E-state index in [9.17, 15) is 0 Å². The van der Waals surface area contributed by atoms with E-state index in [0.717, 1.165) is 28.3 Å². The monoisotopic (exact) mass is 255 g/mol. The molecule has 0 atom stereocenters. The highest BCUT2D eigenvalue weighted by molar-refractivity contribution is 5.53. The summed E-state index contributed by atoms with van der Waals surface area (Å²) in [6.45, 7) is 8.40. The van der Waals surface area contributed by atoms with Crippen molar-refractivity contribution >= 4 is 5.69 Å². The zero-order valence-corrected chi connectivity index (χ0v) is 12.0. The number of hydrogen-bond acceptors (Lipinski definition) is 2. The summed E-state index contributed by atoms with van der Waals surface area (Å²) in [7, 11) is 0. The van der Waals surface area contributed by atoms with Crippen LogP contribution in [0.2, 0.25) is 0 Å². The van der Waals surface area contributed by atoms with Gasteiger partial charge in [0.05, 0.1) is 0 Å². The number of aryl methyl sites for hydroxylation is 2. The fraction of sp³-hybridized carbons (Fsp3) is 0.294. The first-order valence-corrected chi connectivity index (χ1v) is 6.62. The molecule has 2 heteroatoms. The third-order valence-electron chi connectivity index (χ3n) is 3.23. The van der Waals surface area contributed by atoms with Crippen molar-refractivity contribution in [1.29, 1.82) is 0 Å². The van der Waals surface area contributed by atoms with Crippen LogP contribution in [-0.4, -0.2) is 0 Å². The number of ether oxygens (including phenoxy) is 1. The minimum atomic E-state index is 0.497. The van der Waals surface area contributed by atoms with Crippen LogP contribution in [0.1, 0.15) is 36.5 Å². The lowest BCUT2D eigenvalue weighted by atomic mass is 10.0. The van der Waals surface area contributed by atoms with Gasteiger partial charge >= 0.3 is 0 Å². The number of nitrogen functional groups attached to an aromatic ring is 1. The average molecular weight is 255 g/mol. The van der Waals surface area contributed by atoms with Crippen molar-refractivity contribution in [3.05, 3.63) is 53.1 Å². The van der Waals surface area contributed by atoms with Crippen molar-refractivity contribution in [2.45, 2.75) is 33.6 Å². The number of benzene rings is 2. The molecule has 0 radical (unpaired) electrons. The van der Waals surface area contributed by atoms with Crippen molar-refractivity contribution in [3.8, 4) is 11.5 Å². The van der Waals surface area contributed by atoms with Gasteiger partial charge in [-0.1, -0.05) is 26.0 Å². The average Bonchev–Trinajstić information content (AvgIpc) is 2.34. The van der Waals surface area contributed by atoms with E-state index < -0.39 is 0 Å². The van der Waals surface area contributed by atoms with E-state index in [0.29, 0.717) is 5.92 Å². The summed E-state index contributed by atoms with van der Waals surface area (Å²) in [5.74, 6) is 2.27. The van der Waals surface area contributed by atoms with Crippen LogP contribution in [-0.2, 0) is 0 Å². The van der Waals surface area contributed by atoms with Crippen LogP contribution in [0, 0.1) is 13.8 Å². The Hall–Kier alpha value is -1.96. The molecule has 19 heavy (non-hydrogen) atoms. The van der Waals surface area contributed by atoms with Crippen molar-refractivity contribution in [2.75, 3.05) is 5.73 Å². The normalized spacial score (nSPS) is 10.8. The van der Waals surface area contributed by atoms with E-state index in [-0.39, 0.29) is 0 Å². The largest absolute Gasteiger partial charge is 0.457 e. The summed E-state index contributed by atoms with van der Waals surface area (Å²) in [6, 6.07) is 12.1. The molecule has 0 aliphatic heterocycles. The van der Waals surface area contributed by atoms with Crippen LogP contribution in [0.15, 0.2) is 36.4 Å². The van der Waals surface area contributed by atoms with E-state index in [1.165, 1.54) is 5.56 Å².